The number of nitrogens with zero attached hydrogens (tertiary/aromatic N) is 4. The fourth-order valence-corrected chi connectivity index (χ4v) is 7.43. The van der Waals surface area contributed by atoms with Crippen LogP contribution < -0.4 is 16.1 Å². The molecule has 0 saturated carbocycles. The molecule has 4 aromatic rings. The summed E-state index contributed by atoms with van der Waals surface area (Å²) in [6.07, 6.45) is 7.87. The number of hydrogen-bond donors (Lipinski definition) is 2. The standard InChI is InChI=1S/C21H32BNO4.C19H22ClN3O2.C4H2Cl2N2/c1-19(2,3)25-18(24)23-17-10-8-9-14-13-15(11-12-16(14)17)22-26-20(4,5)21(6,7)27-22;1-19(2,3)25-18(24)23-15-6-4-5-12-9-13(7-8-14(12)15)16-10-17(20)22-11-21-16;5-3-1-4(6)8-2-7-3/h11-13,17H,8-10H2,1-7H3,(H,23,24);7-11,15H,4-6H2,1-3H3,(H,23,24);1-2H. The molecule has 12 nitrogen and oxygen atoms in total. The Morgan fingerprint density at radius 3 is 1.57 bits per heavy atom. The molecule has 2 amide bonds. The Balaban J connectivity index is 0.000000192. The van der Waals surface area contributed by atoms with Gasteiger partial charge in [-0.3, -0.25) is 0 Å². The topological polar surface area (TPSA) is 147 Å². The fraction of sp³-hybridized carbons (Fsp3) is 0.500. The molecule has 2 aliphatic carbocycles. The number of benzene rings is 2. The van der Waals surface area contributed by atoms with Crippen LogP contribution in [0.4, 0.5) is 9.59 Å². The highest BCUT2D eigenvalue weighted by atomic mass is 35.5. The van der Waals surface area contributed by atoms with Crippen molar-refractivity contribution in [1.29, 1.82) is 0 Å². The van der Waals surface area contributed by atoms with Gasteiger partial charge in [0.15, 0.2) is 0 Å². The molecule has 1 saturated heterocycles. The first-order valence-corrected chi connectivity index (χ1v) is 21.3. The van der Waals surface area contributed by atoms with E-state index in [9.17, 15) is 9.59 Å². The van der Waals surface area contributed by atoms with Crippen molar-refractivity contribution in [2.24, 2.45) is 0 Å². The van der Waals surface area contributed by atoms with E-state index in [-0.39, 0.29) is 42.6 Å². The number of halogens is 3. The molecule has 0 spiro atoms. The molecule has 2 atom stereocenters. The zero-order valence-electron chi connectivity index (χ0n) is 36.1. The lowest BCUT2D eigenvalue weighted by atomic mass is 9.75. The number of ether oxygens (including phenoxy) is 2. The van der Waals surface area contributed by atoms with Crippen molar-refractivity contribution in [3.8, 4) is 11.3 Å². The number of carbonyl (C=O) groups excluding carboxylic acids is 2. The smallest absolute Gasteiger partial charge is 0.444 e. The molecule has 2 N–H and O–H groups in total. The van der Waals surface area contributed by atoms with Gasteiger partial charge in [-0.25, -0.2) is 29.5 Å². The van der Waals surface area contributed by atoms with Crippen LogP contribution in [0.5, 0.6) is 0 Å². The van der Waals surface area contributed by atoms with Crippen molar-refractivity contribution in [3.63, 3.8) is 0 Å². The van der Waals surface area contributed by atoms with Crippen LogP contribution in [0.25, 0.3) is 11.3 Å². The quantitative estimate of drug-likeness (QED) is 0.150. The maximum Gasteiger partial charge on any atom is 0.494 e. The normalized spacial score (nSPS) is 18.9. The van der Waals surface area contributed by atoms with Gasteiger partial charge in [-0.2, -0.15) is 0 Å². The maximum atomic E-state index is 12.2. The van der Waals surface area contributed by atoms with E-state index in [1.54, 1.807) is 6.07 Å². The minimum Gasteiger partial charge on any atom is -0.444 e. The third-order valence-electron chi connectivity index (χ3n) is 10.4. The predicted molar refractivity (Wildman–Crippen MR) is 237 cm³/mol. The maximum absolute atomic E-state index is 12.2. The summed E-state index contributed by atoms with van der Waals surface area (Å²) in [5.41, 5.74) is 5.89. The summed E-state index contributed by atoms with van der Waals surface area (Å²) >= 11 is 16.8. The van der Waals surface area contributed by atoms with Gasteiger partial charge in [-0.15, -0.1) is 0 Å². The first-order valence-electron chi connectivity index (χ1n) is 20.2. The van der Waals surface area contributed by atoms with Crippen LogP contribution in [0.2, 0.25) is 15.5 Å². The first-order chi connectivity index (χ1) is 28.0. The molecule has 0 bridgehead atoms. The number of hydrogen-bond acceptors (Lipinski definition) is 10. The summed E-state index contributed by atoms with van der Waals surface area (Å²) < 4.78 is 23.1. The first kappa shape index (κ1) is 47.1. The van der Waals surface area contributed by atoms with Gasteiger partial charge >= 0.3 is 19.3 Å². The number of nitrogens with one attached hydrogen (secondary N) is 2. The van der Waals surface area contributed by atoms with E-state index in [0.29, 0.717) is 15.5 Å². The summed E-state index contributed by atoms with van der Waals surface area (Å²) in [5.74, 6) is 0. The third-order valence-corrected chi connectivity index (χ3v) is 11.0. The average molecular weight is 882 g/mol. The Hall–Kier alpha value is -4.01. The van der Waals surface area contributed by atoms with Crippen molar-refractivity contribution in [2.45, 2.75) is 142 Å². The Kier molecular flexibility index (Phi) is 15.2. The monoisotopic (exact) mass is 880 g/mol. The lowest BCUT2D eigenvalue weighted by molar-refractivity contribution is 0.00578. The molecule has 3 aliphatic rings. The van der Waals surface area contributed by atoms with E-state index in [1.165, 1.54) is 29.8 Å². The molecule has 2 aromatic carbocycles. The largest absolute Gasteiger partial charge is 0.494 e. The molecular weight excluding hydrogens is 826 g/mol. The molecule has 2 unspecified atom stereocenters. The SMILES string of the molecule is CC(C)(C)OC(=O)NC1CCCc2cc(-c3cc(Cl)ncn3)ccc21.CC(C)(C)OC(=O)NC1CCCc2cc(B3OC(C)(C)C(C)(C)O3)ccc21.Clc1cc(Cl)ncn1. The lowest BCUT2D eigenvalue weighted by Crippen LogP contribution is -2.41. The molecule has 1 aliphatic heterocycles. The third kappa shape index (κ3) is 13.2. The van der Waals surface area contributed by atoms with E-state index in [2.05, 4.69) is 88.6 Å². The summed E-state index contributed by atoms with van der Waals surface area (Å²) in [7, 11) is -0.362. The second kappa shape index (κ2) is 19.4. The number of fused-ring (bicyclic) bond motifs is 2. The van der Waals surface area contributed by atoms with E-state index < -0.39 is 11.2 Å². The van der Waals surface area contributed by atoms with Gasteiger partial charge in [0, 0.05) is 17.7 Å². The summed E-state index contributed by atoms with van der Waals surface area (Å²) in [6, 6.07) is 15.7. The van der Waals surface area contributed by atoms with E-state index in [1.807, 2.05) is 47.6 Å². The Morgan fingerprint density at radius 2 is 1.12 bits per heavy atom. The van der Waals surface area contributed by atoms with Crippen LogP contribution >= 0.6 is 34.8 Å². The van der Waals surface area contributed by atoms with Gasteiger partial charge in [-0.05, 0) is 142 Å². The fourth-order valence-electron chi connectivity index (χ4n) is 6.94. The van der Waals surface area contributed by atoms with Crippen LogP contribution in [-0.4, -0.2) is 61.6 Å². The van der Waals surface area contributed by atoms with Gasteiger partial charge in [0.1, 0.15) is 39.3 Å². The van der Waals surface area contributed by atoms with Crippen molar-refractivity contribution < 1.29 is 28.4 Å². The van der Waals surface area contributed by atoms with E-state index in [4.69, 9.17) is 53.6 Å². The second-order valence-electron chi connectivity index (χ2n) is 18.0. The summed E-state index contributed by atoms with van der Waals surface area (Å²) in [4.78, 5) is 39.7. The number of amides is 2. The van der Waals surface area contributed by atoms with Gasteiger partial charge in [0.05, 0.1) is 29.0 Å². The number of aromatic nitrogens is 4. The Morgan fingerprint density at radius 1 is 0.667 bits per heavy atom. The molecular formula is C44H56BCl3N6O6. The molecule has 3 heterocycles. The zero-order valence-corrected chi connectivity index (χ0v) is 38.4. The molecule has 7 rings (SSSR count). The highest BCUT2D eigenvalue weighted by Crippen LogP contribution is 2.38. The summed E-state index contributed by atoms with van der Waals surface area (Å²) in [5, 5.41) is 7.17. The van der Waals surface area contributed by atoms with E-state index >= 15 is 0 Å². The van der Waals surface area contributed by atoms with Crippen molar-refractivity contribution in [2.75, 3.05) is 0 Å². The lowest BCUT2D eigenvalue weighted by Gasteiger charge is -2.32. The second-order valence-corrected chi connectivity index (χ2v) is 19.2. The van der Waals surface area contributed by atoms with Gasteiger partial charge in [0.25, 0.3) is 0 Å². The van der Waals surface area contributed by atoms with Crippen LogP contribution in [-0.2, 0) is 31.6 Å². The molecule has 60 heavy (non-hydrogen) atoms. The van der Waals surface area contributed by atoms with Gasteiger partial charge < -0.3 is 29.4 Å². The van der Waals surface area contributed by atoms with Gasteiger partial charge in [-0.1, -0.05) is 65.1 Å². The van der Waals surface area contributed by atoms with Crippen molar-refractivity contribution in [3.05, 3.63) is 98.9 Å². The van der Waals surface area contributed by atoms with E-state index in [0.717, 1.165) is 66.4 Å². The van der Waals surface area contributed by atoms with Crippen LogP contribution in [0.3, 0.4) is 0 Å². The summed E-state index contributed by atoms with van der Waals surface area (Å²) in [6.45, 7) is 19.5. The minimum atomic E-state index is -0.502. The predicted octanol–water partition coefficient (Wildman–Crippen LogP) is 10.4. The highest BCUT2D eigenvalue weighted by molar-refractivity contribution is 6.62. The zero-order chi connectivity index (χ0) is 44.0. The average Bonchev–Trinajstić information content (AvgIpc) is 3.36. The molecule has 1 fully saturated rings. The molecule has 0 radical (unpaired) electrons. The van der Waals surface area contributed by atoms with Gasteiger partial charge in [0.2, 0.25) is 0 Å². The van der Waals surface area contributed by atoms with Crippen molar-refractivity contribution >= 4 is 59.6 Å². The Labute approximate surface area is 369 Å². The van der Waals surface area contributed by atoms with Crippen LogP contribution in [0.1, 0.15) is 129 Å². The minimum absolute atomic E-state index is 0.0176. The Bertz CT molecular complexity index is 2110. The number of alkyl carbamates (subject to hydrolysis) is 2. The number of rotatable bonds is 4. The molecule has 16 heteroatoms. The number of carbonyl (C=O) groups is 2. The highest BCUT2D eigenvalue weighted by Gasteiger charge is 2.51. The van der Waals surface area contributed by atoms with Crippen molar-refractivity contribution in [1.82, 2.24) is 30.6 Å². The number of aryl methyl sites for hydroxylation is 2. The van der Waals surface area contributed by atoms with Crippen LogP contribution in [0, 0.1) is 0 Å². The molecule has 2 aromatic heterocycles. The van der Waals surface area contributed by atoms with Crippen LogP contribution in [0.15, 0.2) is 61.2 Å². The molecule has 322 valence electrons.